The number of amides is 7. The molecule has 0 spiro atoms. The van der Waals surface area contributed by atoms with Gasteiger partial charge in [-0.25, -0.2) is 0 Å². The van der Waals surface area contributed by atoms with Crippen LogP contribution in [0.1, 0.15) is 161 Å². The maximum absolute atomic E-state index is 13.6. The van der Waals surface area contributed by atoms with Crippen LogP contribution in [0.25, 0.3) is 0 Å². The van der Waals surface area contributed by atoms with Gasteiger partial charge in [-0.2, -0.15) is 0 Å². The zero-order valence-corrected chi connectivity index (χ0v) is 49.0. The van der Waals surface area contributed by atoms with Crippen LogP contribution < -0.4 is 37.2 Å². The van der Waals surface area contributed by atoms with Crippen LogP contribution in [0.3, 0.4) is 0 Å². The van der Waals surface area contributed by atoms with Crippen molar-refractivity contribution >= 4 is 110 Å². The molecule has 0 heterocycles. The van der Waals surface area contributed by atoms with Crippen molar-refractivity contribution in [3.05, 3.63) is 0 Å². The third-order valence-corrected chi connectivity index (χ3v) is 12.2. The van der Waals surface area contributed by atoms with E-state index in [4.69, 9.17) is 23.4 Å². The molecule has 0 bridgehead atoms. The maximum Gasteiger partial charge on any atom is 0.222 e. The summed E-state index contributed by atoms with van der Waals surface area (Å²) in [6.45, 7) is 6.32. The predicted octanol–water partition coefficient (Wildman–Crippen LogP) is 6.07. The molecule has 0 aliphatic carbocycles. The van der Waals surface area contributed by atoms with E-state index in [0.29, 0.717) is 104 Å². The molecular weight excluding hydrogens is 1260 g/mol. The molecule has 0 atom stereocenters. The van der Waals surface area contributed by atoms with Crippen molar-refractivity contribution in [1.29, 1.82) is 0 Å². The molecule has 0 aliphatic heterocycles. The van der Waals surface area contributed by atoms with Gasteiger partial charge in [0.2, 0.25) is 41.4 Å². The minimum Gasteiger partial charge on any atom is -0.378 e. The van der Waals surface area contributed by atoms with Gasteiger partial charge in [0.15, 0.2) is 0 Å². The van der Waals surface area contributed by atoms with E-state index in [2.05, 4.69) is 44.1 Å². The molecule has 20 nitrogen and oxygen atoms in total. The maximum atomic E-state index is 13.6. The summed E-state index contributed by atoms with van der Waals surface area (Å²) in [5.74, 6) is -1.03. The molecule has 7 N–H and O–H groups in total. The monoisotopic (exact) mass is 1350 g/mol. The Labute approximate surface area is 466 Å². The van der Waals surface area contributed by atoms with Gasteiger partial charge < -0.3 is 60.6 Å². The Morgan fingerprint density at radius 3 is 0.901 bits per heavy atom. The van der Waals surface area contributed by atoms with Crippen LogP contribution in [-0.4, -0.2) is 146 Å². The highest BCUT2D eigenvalue weighted by Gasteiger charge is 2.34. The van der Waals surface area contributed by atoms with E-state index in [1.165, 1.54) is 25.7 Å². The van der Waals surface area contributed by atoms with Gasteiger partial charge >= 0.3 is 0 Å². The fourth-order valence-electron chi connectivity index (χ4n) is 6.80. The number of unbranched alkanes of at least 4 members (excludes halogenated alkanes) is 10. The fraction of sp³-hybridized carbons (Fsp3) is 0.854. The van der Waals surface area contributed by atoms with Crippen molar-refractivity contribution in [2.45, 2.75) is 167 Å². The van der Waals surface area contributed by atoms with Crippen LogP contribution in [0.5, 0.6) is 0 Å². The molecule has 0 aliphatic rings. The number of ether oxygens (including phenoxy) is 3. The molecule has 0 rings (SSSR count). The average Bonchev–Trinajstić information content (AvgIpc) is 3.35. The molecule has 0 radical (unpaired) electrons. The smallest absolute Gasteiger partial charge is 0.222 e. The summed E-state index contributed by atoms with van der Waals surface area (Å²) in [6, 6.07) is 0. The SMILES string of the molecule is CCCCCCCCCCC(=O)NC(COCCC(=O)NCCCNC(=O)CCCCOI)(COCCC(=O)NCCCNC(=O)CCCCOI)COCCC(=O)NCCCNC(=O)CCCCOI. The highest BCUT2D eigenvalue weighted by molar-refractivity contribution is 14.1. The molecule has 0 saturated heterocycles. The summed E-state index contributed by atoms with van der Waals surface area (Å²) in [5, 5.41) is 20.2. The molecule has 71 heavy (non-hydrogen) atoms. The van der Waals surface area contributed by atoms with Gasteiger partial charge in [0.05, 0.1) is 59.5 Å². The molecule has 0 aromatic heterocycles. The van der Waals surface area contributed by atoms with Gasteiger partial charge in [-0.05, 0) is 64.2 Å². The number of carbonyl (C=O) groups excluding carboxylic acids is 7. The second-order valence-electron chi connectivity index (χ2n) is 17.4. The number of nitrogens with one attached hydrogen (secondary N) is 7. The Kier molecular flexibility index (Phi) is 50.4. The molecule has 0 aromatic carbocycles. The summed E-state index contributed by atoms with van der Waals surface area (Å²) in [6.07, 6.45) is 16.6. The van der Waals surface area contributed by atoms with Gasteiger partial charge in [0, 0.05) is 84.2 Å². The van der Waals surface area contributed by atoms with Crippen LogP contribution in [0, 0.1) is 0 Å². The fourth-order valence-corrected chi connectivity index (χ4v) is 7.73. The van der Waals surface area contributed by atoms with Crippen LogP contribution in [-0.2, 0) is 57.0 Å². The van der Waals surface area contributed by atoms with E-state index in [9.17, 15) is 33.6 Å². The summed E-state index contributed by atoms with van der Waals surface area (Å²) in [5.41, 5.74) is -1.22. The number of hydrogen-bond acceptors (Lipinski definition) is 13. The highest BCUT2D eigenvalue weighted by atomic mass is 127. The van der Waals surface area contributed by atoms with E-state index in [-0.39, 0.29) is 107 Å². The number of halogens is 3. The first-order chi connectivity index (χ1) is 34.5. The minimum atomic E-state index is -1.22. The van der Waals surface area contributed by atoms with Crippen LogP contribution in [0.2, 0.25) is 0 Å². The van der Waals surface area contributed by atoms with Crippen LogP contribution in [0.15, 0.2) is 0 Å². The molecule has 0 aromatic rings. The van der Waals surface area contributed by atoms with Crippen molar-refractivity contribution in [3.63, 3.8) is 0 Å². The number of rotatable bonds is 52. The van der Waals surface area contributed by atoms with Gasteiger partial charge in [0.25, 0.3) is 0 Å². The second-order valence-corrected chi connectivity index (χ2v) is 19.3. The zero-order chi connectivity index (χ0) is 52.3. The van der Waals surface area contributed by atoms with Gasteiger partial charge in [-0.15, -0.1) is 0 Å². The molecule has 0 fully saturated rings. The summed E-state index contributed by atoms with van der Waals surface area (Å²) < 4.78 is 33.1. The van der Waals surface area contributed by atoms with Crippen LogP contribution >= 0.6 is 69.0 Å². The van der Waals surface area contributed by atoms with Crippen molar-refractivity contribution in [2.24, 2.45) is 0 Å². The Bertz CT molecular complexity index is 1260. The standard InChI is InChI=1S/C48H88I3N7O13/c1-2-3-4-5-6-7-8-9-22-47(65)58-48(38-66-35-23-44(62)55-29-16-26-52-41(59)19-10-13-32-69-49,39-67-36-24-45(63)56-30-17-27-53-42(60)20-11-14-33-70-50)40-68-37-25-46(64)57-31-18-28-54-43(61)21-12-15-34-71-51/h2-40H2,1H3,(H,52,59)(H,53,60)(H,54,61)(H,55,62)(H,56,63)(H,57,64)(H,58,65). The van der Waals surface area contributed by atoms with Crippen LogP contribution in [0.4, 0.5) is 0 Å². The van der Waals surface area contributed by atoms with Gasteiger partial charge in [-0.1, -0.05) is 51.9 Å². The first-order valence-corrected chi connectivity index (χ1v) is 28.5. The molecule has 0 unspecified atom stereocenters. The first kappa shape index (κ1) is 69.2. The predicted molar refractivity (Wildman–Crippen MR) is 298 cm³/mol. The molecule has 0 saturated carbocycles. The van der Waals surface area contributed by atoms with Crippen molar-refractivity contribution in [3.8, 4) is 0 Å². The van der Waals surface area contributed by atoms with Crippen molar-refractivity contribution in [1.82, 2.24) is 37.2 Å². The lowest BCUT2D eigenvalue weighted by atomic mass is 10.0. The van der Waals surface area contributed by atoms with E-state index in [0.717, 1.165) is 57.8 Å². The lowest BCUT2D eigenvalue weighted by molar-refractivity contribution is -0.130. The Hall–Kier alpha value is -1.76. The lowest BCUT2D eigenvalue weighted by Gasteiger charge is -2.34. The molecule has 23 heteroatoms. The summed E-state index contributed by atoms with van der Waals surface area (Å²) in [7, 11) is 0. The Morgan fingerprint density at radius 1 is 0.324 bits per heavy atom. The molecule has 7 amide bonds. The molecular formula is C48H88I3N7O13. The van der Waals surface area contributed by atoms with Gasteiger partial charge in [-0.3, -0.25) is 33.6 Å². The van der Waals surface area contributed by atoms with E-state index in [1.807, 2.05) is 69.0 Å². The Morgan fingerprint density at radius 2 is 0.592 bits per heavy atom. The van der Waals surface area contributed by atoms with E-state index < -0.39 is 5.54 Å². The minimum absolute atomic E-state index is 0.0337. The third kappa shape index (κ3) is 47.7. The van der Waals surface area contributed by atoms with Crippen molar-refractivity contribution in [2.75, 3.05) is 98.7 Å². The van der Waals surface area contributed by atoms with E-state index in [1.54, 1.807) is 0 Å². The van der Waals surface area contributed by atoms with Crippen molar-refractivity contribution < 1.29 is 57.0 Å². The summed E-state index contributed by atoms with van der Waals surface area (Å²) >= 11 is 5.50. The van der Waals surface area contributed by atoms with E-state index >= 15 is 0 Å². The normalized spacial score (nSPS) is 11.2. The zero-order valence-electron chi connectivity index (χ0n) is 42.5. The highest BCUT2D eigenvalue weighted by Crippen LogP contribution is 2.14. The Balaban J connectivity index is 5.47. The second kappa shape index (κ2) is 51.7. The first-order valence-electron chi connectivity index (χ1n) is 25.9. The number of carbonyl (C=O) groups is 7. The lowest BCUT2D eigenvalue weighted by Crippen LogP contribution is -2.58. The average molecular weight is 1350 g/mol. The molecule has 414 valence electrons. The topological polar surface area (TPSA) is 259 Å². The van der Waals surface area contributed by atoms with Gasteiger partial charge in [0.1, 0.15) is 74.6 Å². The summed E-state index contributed by atoms with van der Waals surface area (Å²) in [4.78, 5) is 87.8. The largest absolute Gasteiger partial charge is 0.378 e. The third-order valence-electron chi connectivity index (χ3n) is 10.8. The quantitative estimate of drug-likeness (QED) is 0.0270. The number of hydrogen-bond donors (Lipinski definition) is 7.